The Morgan fingerprint density at radius 3 is 2.75 bits per heavy atom. The third kappa shape index (κ3) is 2.91. The highest BCUT2D eigenvalue weighted by Crippen LogP contribution is 2.27. The summed E-state index contributed by atoms with van der Waals surface area (Å²) in [7, 11) is 0. The fourth-order valence-electron chi connectivity index (χ4n) is 2.43. The maximum absolute atomic E-state index is 6.01. The largest absolute Gasteiger partial charge is 0.344 e. The summed E-state index contributed by atoms with van der Waals surface area (Å²) in [5, 5.41) is 4.25. The molecule has 0 aliphatic rings. The van der Waals surface area contributed by atoms with Gasteiger partial charge in [0, 0.05) is 22.5 Å². The van der Waals surface area contributed by atoms with Gasteiger partial charge < -0.3 is 10.3 Å². The van der Waals surface area contributed by atoms with Gasteiger partial charge in [-0.1, -0.05) is 35.3 Å². The van der Waals surface area contributed by atoms with Gasteiger partial charge in [0.15, 0.2) is 5.65 Å². The standard InChI is InChI=1S/C17H11Cl2N5/c18-10-3-1-4-11(7-10)22-15-6-2-5-13(23-15)12-8-20-17-16(12)24-14(19)9-21-17/h1-9H,(H,20,21)(H,22,23). The van der Waals surface area contributed by atoms with E-state index in [9.17, 15) is 0 Å². The van der Waals surface area contributed by atoms with E-state index < -0.39 is 0 Å². The predicted molar refractivity (Wildman–Crippen MR) is 96.9 cm³/mol. The van der Waals surface area contributed by atoms with Crippen LogP contribution in [0.5, 0.6) is 0 Å². The Labute approximate surface area is 147 Å². The summed E-state index contributed by atoms with van der Waals surface area (Å²) in [5.74, 6) is 0.708. The number of rotatable bonds is 3. The van der Waals surface area contributed by atoms with Gasteiger partial charge in [0.25, 0.3) is 0 Å². The fraction of sp³-hybridized carbons (Fsp3) is 0. The Hall–Kier alpha value is -2.63. The zero-order valence-electron chi connectivity index (χ0n) is 12.3. The van der Waals surface area contributed by atoms with Crippen LogP contribution in [0.25, 0.3) is 22.4 Å². The molecule has 0 radical (unpaired) electrons. The second kappa shape index (κ2) is 6.11. The van der Waals surface area contributed by atoms with E-state index >= 15 is 0 Å². The van der Waals surface area contributed by atoms with Crippen molar-refractivity contribution in [2.45, 2.75) is 0 Å². The highest BCUT2D eigenvalue weighted by molar-refractivity contribution is 6.30. The van der Waals surface area contributed by atoms with Gasteiger partial charge in [-0.15, -0.1) is 0 Å². The number of nitrogens with zero attached hydrogens (tertiary/aromatic N) is 3. The van der Waals surface area contributed by atoms with E-state index in [1.165, 1.54) is 6.20 Å². The number of pyridine rings is 1. The van der Waals surface area contributed by atoms with Gasteiger partial charge in [0.1, 0.15) is 16.5 Å². The molecule has 0 unspecified atom stereocenters. The van der Waals surface area contributed by atoms with Crippen LogP contribution < -0.4 is 5.32 Å². The van der Waals surface area contributed by atoms with Gasteiger partial charge in [-0.25, -0.2) is 15.0 Å². The quantitative estimate of drug-likeness (QED) is 0.538. The van der Waals surface area contributed by atoms with Crippen LogP contribution in [0.1, 0.15) is 0 Å². The predicted octanol–water partition coefficient (Wildman–Crippen LogP) is 5.07. The van der Waals surface area contributed by atoms with Gasteiger partial charge in [0.2, 0.25) is 0 Å². The Kier molecular flexibility index (Phi) is 3.80. The van der Waals surface area contributed by atoms with Crippen LogP contribution >= 0.6 is 23.2 Å². The Morgan fingerprint density at radius 1 is 1.00 bits per heavy atom. The minimum absolute atomic E-state index is 0.344. The van der Waals surface area contributed by atoms with E-state index in [1.807, 2.05) is 48.7 Å². The summed E-state index contributed by atoms with van der Waals surface area (Å²) >= 11 is 12.0. The van der Waals surface area contributed by atoms with E-state index in [4.69, 9.17) is 23.2 Å². The molecule has 0 saturated heterocycles. The number of halogens is 2. The summed E-state index contributed by atoms with van der Waals surface area (Å²) in [4.78, 5) is 16.3. The molecule has 1 aromatic carbocycles. The monoisotopic (exact) mass is 355 g/mol. The SMILES string of the molecule is Clc1cccc(Nc2cccc(-c3c[nH]c4ncc(Cl)nc34)n2)c1. The van der Waals surface area contributed by atoms with Crippen LogP contribution in [0.4, 0.5) is 11.5 Å². The number of anilines is 2. The average Bonchev–Trinajstić information content (AvgIpc) is 2.98. The third-order valence-electron chi connectivity index (χ3n) is 3.47. The highest BCUT2D eigenvalue weighted by Gasteiger charge is 2.11. The number of hydrogen-bond acceptors (Lipinski definition) is 4. The maximum atomic E-state index is 6.01. The van der Waals surface area contributed by atoms with Crippen molar-refractivity contribution in [1.29, 1.82) is 0 Å². The lowest BCUT2D eigenvalue weighted by atomic mass is 10.2. The van der Waals surface area contributed by atoms with Crippen LogP contribution in [-0.2, 0) is 0 Å². The smallest absolute Gasteiger partial charge is 0.156 e. The molecular formula is C17H11Cl2N5. The lowest BCUT2D eigenvalue weighted by molar-refractivity contribution is 1.26. The summed E-state index contributed by atoms with van der Waals surface area (Å²) in [6.07, 6.45) is 3.33. The van der Waals surface area contributed by atoms with E-state index in [-0.39, 0.29) is 0 Å². The third-order valence-corrected chi connectivity index (χ3v) is 3.89. The second-order valence-corrected chi connectivity index (χ2v) is 5.96. The molecule has 0 spiro atoms. The molecule has 3 heterocycles. The molecule has 0 aliphatic carbocycles. The molecule has 0 aliphatic heterocycles. The average molecular weight is 356 g/mol. The van der Waals surface area contributed by atoms with Crippen molar-refractivity contribution in [1.82, 2.24) is 19.9 Å². The van der Waals surface area contributed by atoms with Crippen molar-refractivity contribution in [2.24, 2.45) is 0 Å². The van der Waals surface area contributed by atoms with Gasteiger partial charge in [0.05, 0.1) is 11.9 Å². The molecular weight excluding hydrogens is 345 g/mol. The topological polar surface area (TPSA) is 66.5 Å². The van der Waals surface area contributed by atoms with E-state index in [0.29, 0.717) is 27.2 Å². The summed E-state index contributed by atoms with van der Waals surface area (Å²) in [6, 6.07) is 13.2. The van der Waals surface area contributed by atoms with Gasteiger partial charge in [-0.05, 0) is 30.3 Å². The summed E-state index contributed by atoms with van der Waals surface area (Å²) < 4.78 is 0. The highest BCUT2D eigenvalue weighted by atomic mass is 35.5. The lowest BCUT2D eigenvalue weighted by Gasteiger charge is -2.07. The number of nitrogens with one attached hydrogen (secondary N) is 2. The lowest BCUT2D eigenvalue weighted by Crippen LogP contribution is -1.94. The maximum Gasteiger partial charge on any atom is 0.156 e. The molecule has 0 saturated carbocycles. The van der Waals surface area contributed by atoms with Crippen molar-refractivity contribution in [3.8, 4) is 11.3 Å². The van der Waals surface area contributed by atoms with Gasteiger partial charge >= 0.3 is 0 Å². The zero-order valence-corrected chi connectivity index (χ0v) is 13.8. The zero-order chi connectivity index (χ0) is 16.5. The van der Waals surface area contributed by atoms with Crippen molar-refractivity contribution in [3.05, 3.63) is 65.0 Å². The van der Waals surface area contributed by atoms with Crippen molar-refractivity contribution >= 4 is 45.9 Å². The molecule has 0 amide bonds. The van der Waals surface area contributed by atoms with Crippen molar-refractivity contribution < 1.29 is 0 Å². The molecule has 3 aromatic heterocycles. The first-order valence-corrected chi connectivity index (χ1v) is 7.94. The van der Waals surface area contributed by atoms with E-state index in [2.05, 4.69) is 25.3 Å². The number of benzene rings is 1. The number of fused-ring (bicyclic) bond motifs is 1. The van der Waals surface area contributed by atoms with E-state index in [0.717, 1.165) is 16.9 Å². The Morgan fingerprint density at radius 2 is 1.88 bits per heavy atom. The number of hydrogen-bond donors (Lipinski definition) is 2. The van der Waals surface area contributed by atoms with Crippen LogP contribution in [0.3, 0.4) is 0 Å². The fourth-order valence-corrected chi connectivity index (χ4v) is 2.76. The number of aromatic nitrogens is 4. The van der Waals surface area contributed by atoms with Crippen LogP contribution in [0.15, 0.2) is 54.9 Å². The van der Waals surface area contributed by atoms with Crippen molar-refractivity contribution in [3.63, 3.8) is 0 Å². The molecule has 2 N–H and O–H groups in total. The molecule has 5 nitrogen and oxygen atoms in total. The molecule has 24 heavy (non-hydrogen) atoms. The Bertz CT molecular complexity index is 1030. The summed E-state index contributed by atoms with van der Waals surface area (Å²) in [5.41, 5.74) is 3.84. The van der Waals surface area contributed by atoms with E-state index in [1.54, 1.807) is 0 Å². The minimum Gasteiger partial charge on any atom is -0.344 e. The van der Waals surface area contributed by atoms with Crippen LogP contribution in [0, 0.1) is 0 Å². The first kappa shape index (κ1) is 14.9. The molecule has 4 aromatic rings. The number of H-pyrrole nitrogens is 1. The Balaban J connectivity index is 1.73. The number of aromatic amines is 1. The first-order chi connectivity index (χ1) is 11.7. The molecule has 0 fully saturated rings. The first-order valence-electron chi connectivity index (χ1n) is 7.19. The minimum atomic E-state index is 0.344. The molecule has 0 atom stereocenters. The van der Waals surface area contributed by atoms with Gasteiger partial charge in [-0.3, -0.25) is 0 Å². The normalized spacial score (nSPS) is 10.9. The molecule has 0 bridgehead atoms. The molecule has 4 rings (SSSR count). The van der Waals surface area contributed by atoms with Crippen LogP contribution in [0.2, 0.25) is 10.2 Å². The van der Waals surface area contributed by atoms with Gasteiger partial charge in [-0.2, -0.15) is 0 Å². The van der Waals surface area contributed by atoms with Crippen molar-refractivity contribution in [2.75, 3.05) is 5.32 Å². The second-order valence-electron chi connectivity index (χ2n) is 5.14. The summed E-state index contributed by atoms with van der Waals surface area (Å²) in [6.45, 7) is 0. The van der Waals surface area contributed by atoms with Crippen LogP contribution in [-0.4, -0.2) is 19.9 Å². The molecule has 7 heteroatoms. The molecule has 118 valence electrons.